The highest BCUT2D eigenvalue weighted by atomic mass is 32.1. The van der Waals surface area contributed by atoms with Crippen LogP contribution in [0.4, 0.5) is 16.5 Å². The normalized spacial score (nSPS) is 19.2. The molecule has 1 atom stereocenters. The van der Waals surface area contributed by atoms with Crippen molar-refractivity contribution < 1.29 is 4.79 Å². The monoisotopic (exact) mass is 317 g/mol. The molecule has 0 fully saturated rings. The van der Waals surface area contributed by atoms with Crippen molar-refractivity contribution in [3.8, 4) is 0 Å². The highest BCUT2D eigenvalue weighted by Gasteiger charge is 2.31. The highest BCUT2D eigenvalue weighted by molar-refractivity contribution is 7.13. The second-order valence-electron chi connectivity index (χ2n) is 5.28. The van der Waals surface area contributed by atoms with Crippen LogP contribution in [-0.4, -0.2) is 42.6 Å². The standard InChI is InChI=1S/C14H16N6OS/c1-20(6-2-5-15)8-16-11-7-10(3-4-12(11)20)13(21)18-14-19-17-9-22-14/h3-4,7-9H,2,5-6,15H2,1H3/p+1. The van der Waals surface area contributed by atoms with Crippen LogP contribution in [0.2, 0.25) is 0 Å². The Kier molecular flexibility index (Phi) is 3.97. The topological polar surface area (TPSA) is 93.3 Å². The molecule has 3 N–H and O–H groups in total. The lowest BCUT2D eigenvalue weighted by molar-refractivity contribution is 0.102. The Labute approximate surface area is 132 Å². The molecular formula is C14H17N6OS+. The maximum atomic E-state index is 12.2. The van der Waals surface area contributed by atoms with Crippen LogP contribution in [0.5, 0.6) is 0 Å². The van der Waals surface area contributed by atoms with E-state index in [1.807, 2.05) is 18.5 Å². The molecule has 8 heteroatoms. The van der Waals surface area contributed by atoms with Crippen molar-refractivity contribution in [3.05, 3.63) is 29.3 Å². The van der Waals surface area contributed by atoms with E-state index >= 15 is 0 Å². The summed E-state index contributed by atoms with van der Waals surface area (Å²) in [6.07, 6.45) is 2.81. The number of nitrogens with zero attached hydrogens (tertiary/aromatic N) is 4. The van der Waals surface area contributed by atoms with Crippen LogP contribution in [0.25, 0.3) is 0 Å². The molecule has 0 bridgehead atoms. The fraction of sp³-hybridized carbons (Fsp3) is 0.286. The van der Waals surface area contributed by atoms with Crippen molar-refractivity contribution in [2.45, 2.75) is 6.42 Å². The van der Waals surface area contributed by atoms with Crippen LogP contribution in [0.15, 0.2) is 28.7 Å². The molecule has 3 rings (SSSR count). The smallest absolute Gasteiger partial charge is 0.257 e. The van der Waals surface area contributed by atoms with E-state index in [1.54, 1.807) is 11.6 Å². The lowest BCUT2D eigenvalue weighted by atomic mass is 10.1. The van der Waals surface area contributed by atoms with Gasteiger partial charge in [-0.3, -0.25) is 10.1 Å². The van der Waals surface area contributed by atoms with Crippen molar-refractivity contribution in [2.75, 3.05) is 25.5 Å². The maximum Gasteiger partial charge on any atom is 0.257 e. The van der Waals surface area contributed by atoms with Crippen LogP contribution in [-0.2, 0) is 0 Å². The summed E-state index contributed by atoms with van der Waals surface area (Å²) in [7, 11) is 2.09. The predicted octanol–water partition coefficient (Wildman–Crippen LogP) is 1.75. The van der Waals surface area contributed by atoms with Gasteiger partial charge in [0.05, 0.1) is 13.6 Å². The summed E-state index contributed by atoms with van der Waals surface area (Å²) in [5.74, 6) is -0.210. The molecule has 0 radical (unpaired) electrons. The van der Waals surface area contributed by atoms with Crippen LogP contribution in [0, 0.1) is 0 Å². The van der Waals surface area contributed by atoms with Gasteiger partial charge in [-0.15, -0.1) is 10.2 Å². The Morgan fingerprint density at radius 2 is 2.32 bits per heavy atom. The van der Waals surface area contributed by atoms with Gasteiger partial charge in [0.25, 0.3) is 5.91 Å². The lowest BCUT2D eigenvalue weighted by Crippen LogP contribution is -2.43. The Balaban J connectivity index is 1.81. The number of aromatic nitrogens is 2. The van der Waals surface area contributed by atoms with Gasteiger partial charge in [0, 0.05) is 18.1 Å². The third kappa shape index (κ3) is 2.76. The van der Waals surface area contributed by atoms with E-state index in [4.69, 9.17) is 5.73 Å². The number of aliphatic imine (C=N–C) groups is 1. The van der Waals surface area contributed by atoms with E-state index in [0.29, 0.717) is 21.7 Å². The van der Waals surface area contributed by atoms with Gasteiger partial charge in [-0.2, -0.15) is 4.99 Å². The molecule has 114 valence electrons. The number of carbonyl (C=O) groups is 1. The van der Waals surface area contributed by atoms with Gasteiger partial charge in [-0.1, -0.05) is 11.3 Å². The molecule has 1 aromatic carbocycles. The first kappa shape index (κ1) is 14.8. The number of benzene rings is 1. The largest absolute Gasteiger partial charge is 0.330 e. The fourth-order valence-corrected chi connectivity index (χ4v) is 2.89. The van der Waals surface area contributed by atoms with E-state index in [9.17, 15) is 4.79 Å². The highest BCUT2D eigenvalue weighted by Crippen LogP contribution is 2.37. The van der Waals surface area contributed by atoms with Crippen LogP contribution < -0.4 is 15.5 Å². The van der Waals surface area contributed by atoms with E-state index < -0.39 is 0 Å². The number of rotatable bonds is 5. The predicted molar refractivity (Wildman–Crippen MR) is 88.7 cm³/mol. The minimum atomic E-state index is -0.210. The molecule has 0 saturated heterocycles. The second-order valence-corrected chi connectivity index (χ2v) is 6.11. The number of nitrogens with one attached hydrogen (secondary N) is 1. The maximum absolute atomic E-state index is 12.2. The molecular weight excluding hydrogens is 300 g/mol. The van der Waals surface area contributed by atoms with Gasteiger partial charge in [0.15, 0.2) is 12.0 Å². The van der Waals surface area contributed by atoms with Gasteiger partial charge in [0.2, 0.25) is 5.13 Å². The SMILES string of the molecule is C[N+]1(CCCN)C=Nc2cc(C(=O)Nc3nncs3)ccc21. The van der Waals surface area contributed by atoms with Gasteiger partial charge in [0.1, 0.15) is 11.2 Å². The molecule has 0 aliphatic carbocycles. The molecule has 1 unspecified atom stereocenters. The molecule has 0 saturated carbocycles. The molecule has 1 aliphatic rings. The number of nitrogens with two attached hydrogens (primary N) is 1. The lowest BCUT2D eigenvalue weighted by Gasteiger charge is -2.25. The van der Waals surface area contributed by atoms with Gasteiger partial charge in [-0.25, -0.2) is 4.48 Å². The first-order chi connectivity index (χ1) is 10.6. The fourth-order valence-electron chi connectivity index (χ4n) is 2.45. The zero-order valence-electron chi connectivity index (χ0n) is 12.2. The molecule has 2 heterocycles. The number of quaternary nitrogens is 1. The van der Waals surface area contributed by atoms with Gasteiger partial charge < -0.3 is 5.73 Å². The van der Waals surface area contributed by atoms with Crippen molar-refractivity contribution in [3.63, 3.8) is 0 Å². The van der Waals surface area contributed by atoms with Crippen molar-refractivity contribution in [1.29, 1.82) is 0 Å². The number of anilines is 1. The molecule has 22 heavy (non-hydrogen) atoms. The third-order valence-electron chi connectivity index (χ3n) is 3.65. The number of amides is 1. The zero-order chi connectivity index (χ0) is 15.6. The van der Waals surface area contributed by atoms with Crippen molar-refractivity contribution in [1.82, 2.24) is 14.7 Å². The third-order valence-corrected chi connectivity index (χ3v) is 4.25. The van der Waals surface area contributed by atoms with E-state index in [1.165, 1.54) is 11.3 Å². The van der Waals surface area contributed by atoms with Crippen molar-refractivity contribution >= 4 is 40.1 Å². The van der Waals surface area contributed by atoms with Gasteiger partial charge in [-0.05, 0) is 18.7 Å². The summed E-state index contributed by atoms with van der Waals surface area (Å²) in [5.41, 5.74) is 9.63. The average Bonchev–Trinajstić information content (AvgIpc) is 3.14. The Hall–Kier alpha value is -2.16. The van der Waals surface area contributed by atoms with E-state index in [2.05, 4.69) is 27.6 Å². The number of hydrogen-bond acceptors (Lipinski definition) is 6. The van der Waals surface area contributed by atoms with Crippen LogP contribution in [0.3, 0.4) is 0 Å². The summed E-state index contributed by atoms with van der Waals surface area (Å²) in [4.78, 5) is 16.6. The minimum Gasteiger partial charge on any atom is -0.330 e. The first-order valence-corrected chi connectivity index (χ1v) is 7.83. The van der Waals surface area contributed by atoms with Crippen LogP contribution >= 0.6 is 11.3 Å². The minimum absolute atomic E-state index is 0.210. The molecule has 1 aliphatic heterocycles. The summed E-state index contributed by atoms with van der Waals surface area (Å²) in [5, 5.41) is 10.7. The summed E-state index contributed by atoms with van der Waals surface area (Å²) >= 11 is 1.28. The number of carbonyl (C=O) groups excluding carboxylic acids is 1. The molecule has 1 amide bonds. The first-order valence-electron chi connectivity index (χ1n) is 6.95. The van der Waals surface area contributed by atoms with E-state index in [-0.39, 0.29) is 5.91 Å². The summed E-state index contributed by atoms with van der Waals surface area (Å²) in [6, 6.07) is 5.56. The number of hydrogen-bond donors (Lipinski definition) is 2. The zero-order valence-corrected chi connectivity index (χ0v) is 13.0. The molecule has 1 aromatic heterocycles. The van der Waals surface area contributed by atoms with Crippen molar-refractivity contribution in [2.24, 2.45) is 10.7 Å². The quantitative estimate of drug-likeness (QED) is 0.822. The molecule has 2 aromatic rings. The molecule has 7 nitrogen and oxygen atoms in total. The Morgan fingerprint density at radius 3 is 3.05 bits per heavy atom. The second kappa shape index (κ2) is 5.91. The van der Waals surface area contributed by atoms with Crippen LogP contribution in [0.1, 0.15) is 16.8 Å². The Bertz CT molecular complexity index is 714. The number of fused-ring (bicyclic) bond motifs is 1. The average molecular weight is 317 g/mol. The summed E-state index contributed by atoms with van der Waals surface area (Å²) < 4.78 is 0.616. The van der Waals surface area contributed by atoms with Gasteiger partial charge >= 0.3 is 0 Å². The van der Waals surface area contributed by atoms with E-state index in [0.717, 1.165) is 24.3 Å². The Morgan fingerprint density at radius 1 is 1.45 bits per heavy atom. The summed E-state index contributed by atoms with van der Waals surface area (Å²) in [6.45, 7) is 1.54. The molecule has 0 spiro atoms.